The zero-order valence-electron chi connectivity index (χ0n) is 12.5. The quantitative estimate of drug-likeness (QED) is 0.783. The zero-order valence-corrected chi connectivity index (χ0v) is 12.5. The number of carbonyl (C=O) groups is 1. The van der Waals surface area contributed by atoms with Crippen LogP contribution >= 0.6 is 0 Å². The SMILES string of the molecule is C=CC(=O)N(Cc1ccccc1-c1ccccn1)C(C)C. The van der Waals surface area contributed by atoms with Gasteiger partial charge in [-0.15, -0.1) is 0 Å². The van der Waals surface area contributed by atoms with Gasteiger partial charge in [-0.05, 0) is 37.6 Å². The van der Waals surface area contributed by atoms with E-state index in [4.69, 9.17) is 0 Å². The molecule has 3 nitrogen and oxygen atoms in total. The summed E-state index contributed by atoms with van der Waals surface area (Å²) in [6.45, 7) is 8.14. The molecule has 1 heterocycles. The van der Waals surface area contributed by atoms with Crippen molar-refractivity contribution in [2.45, 2.75) is 26.4 Å². The van der Waals surface area contributed by atoms with Crippen LogP contribution in [0.3, 0.4) is 0 Å². The van der Waals surface area contributed by atoms with Crippen LogP contribution < -0.4 is 0 Å². The van der Waals surface area contributed by atoms with Crippen LogP contribution in [0.25, 0.3) is 11.3 Å². The first-order chi connectivity index (χ1) is 10.1. The molecule has 0 bridgehead atoms. The second-order valence-electron chi connectivity index (χ2n) is 5.14. The van der Waals surface area contributed by atoms with Crippen molar-refractivity contribution in [2.24, 2.45) is 0 Å². The number of nitrogens with zero attached hydrogens (tertiary/aromatic N) is 2. The Morgan fingerprint density at radius 3 is 2.57 bits per heavy atom. The molecular weight excluding hydrogens is 260 g/mol. The molecule has 108 valence electrons. The molecule has 0 aliphatic rings. The van der Waals surface area contributed by atoms with Crippen molar-refractivity contribution in [3.05, 3.63) is 66.9 Å². The Labute approximate surface area is 125 Å². The summed E-state index contributed by atoms with van der Waals surface area (Å²) in [5.74, 6) is -0.0548. The lowest BCUT2D eigenvalue weighted by molar-refractivity contribution is -0.128. The molecule has 0 N–H and O–H groups in total. The number of carbonyl (C=O) groups excluding carboxylic acids is 1. The minimum atomic E-state index is -0.0548. The fraction of sp³-hybridized carbons (Fsp3) is 0.222. The van der Waals surface area contributed by atoms with E-state index >= 15 is 0 Å². The molecule has 2 aromatic rings. The van der Waals surface area contributed by atoms with Crippen molar-refractivity contribution in [3.63, 3.8) is 0 Å². The molecule has 2 rings (SSSR count). The van der Waals surface area contributed by atoms with Gasteiger partial charge in [0.15, 0.2) is 0 Å². The maximum absolute atomic E-state index is 12.0. The second-order valence-corrected chi connectivity index (χ2v) is 5.14. The summed E-state index contributed by atoms with van der Waals surface area (Å²) in [6, 6.07) is 14.0. The molecule has 1 aromatic carbocycles. The molecule has 0 aliphatic carbocycles. The highest BCUT2D eigenvalue weighted by Crippen LogP contribution is 2.23. The van der Waals surface area contributed by atoms with Crippen molar-refractivity contribution in [1.29, 1.82) is 0 Å². The van der Waals surface area contributed by atoms with Gasteiger partial charge in [0, 0.05) is 24.3 Å². The predicted octanol–water partition coefficient (Wildman–Crippen LogP) is 3.67. The monoisotopic (exact) mass is 280 g/mol. The first kappa shape index (κ1) is 15.0. The molecule has 21 heavy (non-hydrogen) atoms. The Bertz CT molecular complexity index is 620. The van der Waals surface area contributed by atoms with Gasteiger partial charge < -0.3 is 4.90 Å². The van der Waals surface area contributed by atoms with E-state index in [2.05, 4.69) is 11.6 Å². The average Bonchev–Trinajstić information content (AvgIpc) is 2.52. The first-order valence-corrected chi connectivity index (χ1v) is 7.06. The molecule has 0 radical (unpaired) electrons. The standard InChI is InChI=1S/C18H20N2O/c1-4-18(21)20(14(2)3)13-15-9-5-6-10-16(15)17-11-7-8-12-19-17/h4-12,14H,1,13H2,2-3H3. The van der Waals surface area contributed by atoms with Gasteiger partial charge in [0.2, 0.25) is 5.91 Å². The fourth-order valence-corrected chi connectivity index (χ4v) is 2.25. The van der Waals surface area contributed by atoms with Crippen molar-refractivity contribution < 1.29 is 4.79 Å². The average molecular weight is 280 g/mol. The number of benzene rings is 1. The highest BCUT2D eigenvalue weighted by Gasteiger charge is 2.16. The van der Waals surface area contributed by atoms with Crippen LogP contribution in [0, 0.1) is 0 Å². The number of aromatic nitrogens is 1. The summed E-state index contributed by atoms with van der Waals surface area (Å²) < 4.78 is 0. The lowest BCUT2D eigenvalue weighted by atomic mass is 10.0. The van der Waals surface area contributed by atoms with E-state index in [-0.39, 0.29) is 11.9 Å². The van der Waals surface area contributed by atoms with Crippen LogP contribution in [0.15, 0.2) is 61.3 Å². The van der Waals surface area contributed by atoms with Crippen molar-refractivity contribution in [1.82, 2.24) is 9.88 Å². The van der Waals surface area contributed by atoms with Gasteiger partial charge in [0.05, 0.1) is 5.69 Å². The van der Waals surface area contributed by atoms with E-state index in [0.29, 0.717) is 6.54 Å². The Hall–Kier alpha value is -2.42. The van der Waals surface area contributed by atoms with Gasteiger partial charge in [-0.25, -0.2) is 0 Å². The number of pyridine rings is 1. The molecule has 0 aliphatic heterocycles. The van der Waals surface area contributed by atoms with Gasteiger partial charge in [0.25, 0.3) is 0 Å². The van der Waals surface area contributed by atoms with Crippen LogP contribution in [0.1, 0.15) is 19.4 Å². The number of amides is 1. The predicted molar refractivity (Wildman–Crippen MR) is 85.6 cm³/mol. The Morgan fingerprint density at radius 2 is 1.95 bits per heavy atom. The van der Waals surface area contributed by atoms with Crippen LogP contribution in [0.5, 0.6) is 0 Å². The van der Waals surface area contributed by atoms with Crippen molar-refractivity contribution >= 4 is 5.91 Å². The maximum Gasteiger partial charge on any atom is 0.246 e. The van der Waals surface area contributed by atoms with Crippen molar-refractivity contribution in [3.8, 4) is 11.3 Å². The lowest BCUT2D eigenvalue weighted by Crippen LogP contribution is -2.35. The second kappa shape index (κ2) is 6.84. The molecule has 0 saturated carbocycles. The van der Waals surface area contributed by atoms with E-state index in [1.54, 1.807) is 11.1 Å². The summed E-state index contributed by atoms with van der Waals surface area (Å²) in [5, 5.41) is 0. The van der Waals surface area contributed by atoms with Crippen molar-refractivity contribution in [2.75, 3.05) is 0 Å². The summed E-state index contributed by atoms with van der Waals surface area (Å²) in [4.78, 5) is 18.2. The Morgan fingerprint density at radius 1 is 1.24 bits per heavy atom. The number of hydrogen-bond acceptors (Lipinski definition) is 2. The van der Waals surface area contributed by atoms with E-state index in [1.807, 2.05) is 56.3 Å². The number of hydrogen-bond donors (Lipinski definition) is 0. The molecule has 1 aromatic heterocycles. The molecular formula is C18H20N2O. The summed E-state index contributed by atoms with van der Waals surface area (Å²) in [7, 11) is 0. The largest absolute Gasteiger partial charge is 0.332 e. The number of rotatable bonds is 5. The van der Waals surface area contributed by atoms with Gasteiger partial charge in [-0.2, -0.15) is 0 Å². The minimum absolute atomic E-state index is 0.0548. The van der Waals surface area contributed by atoms with Crippen LogP contribution in [-0.2, 0) is 11.3 Å². The molecule has 0 fully saturated rings. The Balaban J connectivity index is 2.36. The topological polar surface area (TPSA) is 33.2 Å². The van der Waals surface area contributed by atoms with Gasteiger partial charge in [-0.1, -0.05) is 36.9 Å². The summed E-state index contributed by atoms with van der Waals surface area (Å²) >= 11 is 0. The minimum Gasteiger partial charge on any atom is -0.332 e. The van der Waals surface area contributed by atoms with E-state index in [1.165, 1.54) is 6.08 Å². The third kappa shape index (κ3) is 3.57. The summed E-state index contributed by atoms with van der Waals surface area (Å²) in [5.41, 5.74) is 3.06. The van der Waals surface area contributed by atoms with Crippen LogP contribution in [-0.4, -0.2) is 21.8 Å². The van der Waals surface area contributed by atoms with E-state index in [0.717, 1.165) is 16.8 Å². The molecule has 1 amide bonds. The van der Waals surface area contributed by atoms with Crippen LogP contribution in [0.2, 0.25) is 0 Å². The van der Waals surface area contributed by atoms with E-state index < -0.39 is 0 Å². The third-order valence-electron chi connectivity index (χ3n) is 3.38. The highest BCUT2D eigenvalue weighted by molar-refractivity contribution is 5.87. The first-order valence-electron chi connectivity index (χ1n) is 7.06. The Kier molecular flexibility index (Phi) is 4.88. The lowest BCUT2D eigenvalue weighted by Gasteiger charge is -2.26. The summed E-state index contributed by atoms with van der Waals surface area (Å²) in [6.07, 6.45) is 3.14. The molecule has 0 spiro atoms. The molecule has 0 unspecified atom stereocenters. The maximum atomic E-state index is 12.0. The van der Waals surface area contributed by atoms with Gasteiger partial charge in [0.1, 0.15) is 0 Å². The third-order valence-corrected chi connectivity index (χ3v) is 3.38. The zero-order chi connectivity index (χ0) is 15.2. The molecule has 3 heteroatoms. The molecule has 0 saturated heterocycles. The highest BCUT2D eigenvalue weighted by atomic mass is 16.2. The van der Waals surface area contributed by atoms with E-state index in [9.17, 15) is 4.79 Å². The molecule has 0 atom stereocenters. The van der Waals surface area contributed by atoms with Gasteiger partial charge in [-0.3, -0.25) is 9.78 Å². The smallest absolute Gasteiger partial charge is 0.246 e. The normalized spacial score (nSPS) is 10.4. The van der Waals surface area contributed by atoms with Gasteiger partial charge >= 0.3 is 0 Å². The fourth-order valence-electron chi connectivity index (χ4n) is 2.25. The van der Waals surface area contributed by atoms with Crippen LogP contribution in [0.4, 0.5) is 0 Å².